The number of halogens is 4. The van der Waals surface area contributed by atoms with E-state index in [0.717, 1.165) is 28.9 Å². The summed E-state index contributed by atoms with van der Waals surface area (Å²) in [5.74, 6) is -1.30. The number of amides is 1. The number of carbonyl (C=O) groups excluding carboxylic acids is 1. The summed E-state index contributed by atoms with van der Waals surface area (Å²) >= 11 is 5.08. The van der Waals surface area contributed by atoms with Gasteiger partial charge in [-0.1, -0.05) is 23.8 Å². The Morgan fingerprint density at radius 3 is 2.46 bits per heavy atom. The Kier molecular flexibility index (Phi) is 6.79. The number of anilines is 1. The molecule has 0 spiro atoms. The lowest BCUT2D eigenvalue weighted by Gasteiger charge is -2.17. The number of aryl methyl sites for hydroxylation is 2. The summed E-state index contributed by atoms with van der Waals surface area (Å²) in [4.78, 5) is 12.1. The van der Waals surface area contributed by atoms with Crippen LogP contribution < -0.4 is 20.9 Å². The Labute approximate surface area is 164 Å². The van der Waals surface area contributed by atoms with Crippen LogP contribution in [0.15, 0.2) is 42.5 Å². The van der Waals surface area contributed by atoms with Gasteiger partial charge in [0.1, 0.15) is 5.75 Å². The van der Waals surface area contributed by atoms with Crippen molar-refractivity contribution in [2.45, 2.75) is 26.4 Å². The molecule has 3 N–H and O–H groups in total. The van der Waals surface area contributed by atoms with E-state index in [1.807, 2.05) is 32.0 Å². The number of thiocarbonyl (C=S) groups is 1. The third kappa shape index (κ3) is 5.81. The standard InChI is InChI=1S/C18H17F4N3O2S/c1-10-6-7-14(11(2)8-10)23-17(28)25-24-15(26)12-4-3-5-13(9-12)27-18(21,22)16(19)20/h3-9,16H,1-2H3,(H,24,26)(H2,23,25,28). The molecule has 0 saturated heterocycles. The Morgan fingerprint density at radius 1 is 1.11 bits per heavy atom. The molecule has 0 heterocycles. The van der Waals surface area contributed by atoms with Gasteiger partial charge in [-0.15, -0.1) is 0 Å². The molecular weight excluding hydrogens is 398 g/mol. The van der Waals surface area contributed by atoms with Gasteiger partial charge in [-0.25, -0.2) is 0 Å². The highest BCUT2D eigenvalue weighted by molar-refractivity contribution is 7.80. The highest BCUT2D eigenvalue weighted by Crippen LogP contribution is 2.27. The molecule has 0 fully saturated rings. The minimum atomic E-state index is -4.66. The fourth-order valence-corrected chi connectivity index (χ4v) is 2.36. The summed E-state index contributed by atoms with van der Waals surface area (Å²) in [7, 11) is 0. The average molecular weight is 415 g/mol. The van der Waals surface area contributed by atoms with Crippen molar-refractivity contribution in [3.05, 3.63) is 59.2 Å². The molecule has 0 saturated carbocycles. The van der Waals surface area contributed by atoms with Crippen molar-refractivity contribution in [1.29, 1.82) is 0 Å². The number of alkyl halides is 4. The van der Waals surface area contributed by atoms with Crippen LogP contribution in [0.5, 0.6) is 5.75 Å². The van der Waals surface area contributed by atoms with Gasteiger partial charge >= 0.3 is 12.5 Å². The Bertz CT molecular complexity index is 878. The number of benzene rings is 2. The van der Waals surface area contributed by atoms with Gasteiger partial charge in [-0.3, -0.25) is 15.6 Å². The number of hydrazine groups is 1. The van der Waals surface area contributed by atoms with Gasteiger partial charge in [0.2, 0.25) is 0 Å². The van der Waals surface area contributed by atoms with E-state index in [4.69, 9.17) is 12.2 Å². The molecule has 2 aromatic rings. The van der Waals surface area contributed by atoms with E-state index in [2.05, 4.69) is 20.9 Å². The first-order valence-electron chi connectivity index (χ1n) is 7.98. The Balaban J connectivity index is 1.95. The summed E-state index contributed by atoms with van der Waals surface area (Å²) in [6, 6.07) is 10.1. The van der Waals surface area contributed by atoms with E-state index in [9.17, 15) is 22.4 Å². The van der Waals surface area contributed by atoms with Crippen LogP contribution in [0.25, 0.3) is 0 Å². The van der Waals surface area contributed by atoms with Gasteiger partial charge in [-0.05, 0) is 55.9 Å². The lowest BCUT2D eigenvalue weighted by Crippen LogP contribution is -2.43. The summed E-state index contributed by atoms with van der Waals surface area (Å²) < 4.78 is 54.3. The van der Waals surface area contributed by atoms with Crippen molar-refractivity contribution in [1.82, 2.24) is 10.9 Å². The molecule has 0 aromatic heterocycles. The van der Waals surface area contributed by atoms with Crippen molar-refractivity contribution < 1.29 is 27.1 Å². The lowest BCUT2D eigenvalue weighted by molar-refractivity contribution is -0.253. The van der Waals surface area contributed by atoms with Gasteiger partial charge in [0.25, 0.3) is 5.91 Å². The number of hydrogen-bond acceptors (Lipinski definition) is 3. The first-order valence-corrected chi connectivity index (χ1v) is 8.39. The zero-order valence-electron chi connectivity index (χ0n) is 14.9. The van der Waals surface area contributed by atoms with Crippen molar-refractivity contribution in [3.8, 4) is 5.75 Å². The second kappa shape index (κ2) is 8.87. The molecule has 28 heavy (non-hydrogen) atoms. The van der Waals surface area contributed by atoms with Gasteiger partial charge in [0, 0.05) is 11.3 Å². The fourth-order valence-electron chi connectivity index (χ4n) is 2.20. The molecule has 10 heteroatoms. The topological polar surface area (TPSA) is 62.4 Å². The maximum absolute atomic E-state index is 13.0. The van der Waals surface area contributed by atoms with E-state index in [1.54, 1.807) is 0 Å². The van der Waals surface area contributed by atoms with Crippen molar-refractivity contribution in [2.24, 2.45) is 0 Å². The molecule has 2 rings (SSSR count). The molecular formula is C18H17F4N3O2S. The molecule has 0 aliphatic rings. The van der Waals surface area contributed by atoms with Crippen molar-refractivity contribution in [3.63, 3.8) is 0 Å². The predicted molar refractivity (Wildman–Crippen MR) is 101 cm³/mol. The second-order valence-corrected chi connectivity index (χ2v) is 6.25. The van der Waals surface area contributed by atoms with Crippen LogP contribution >= 0.6 is 12.2 Å². The van der Waals surface area contributed by atoms with Crippen LogP contribution in [0.1, 0.15) is 21.5 Å². The van der Waals surface area contributed by atoms with E-state index < -0.39 is 24.2 Å². The molecule has 150 valence electrons. The van der Waals surface area contributed by atoms with Gasteiger partial charge in [0.15, 0.2) is 5.11 Å². The van der Waals surface area contributed by atoms with Crippen LogP contribution in [0.3, 0.4) is 0 Å². The third-order valence-electron chi connectivity index (χ3n) is 3.52. The summed E-state index contributed by atoms with van der Waals surface area (Å²) in [5, 5.41) is 2.99. The summed E-state index contributed by atoms with van der Waals surface area (Å²) in [5.41, 5.74) is 7.42. The number of rotatable bonds is 5. The number of carbonyl (C=O) groups is 1. The van der Waals surface area contributed by atoms with Crippen molar-refractivity contribution >= 4 is 28.9 Å². The summed E-state index contributed by atoms with van der Waals surface area (Å²) in [6.45, 7) is 3.83. The molecule has 0 unspecified atom stereocenters. The van der Waals surface area contributed by atoms with E-state index in [-0.39, 0.29) is 10.7 Å². The van der Waals surface area contributed by atoms with Gasteiger partial charge < -0.3 is 10.1 Å². The Morgan fingerprint density at radius 2 is 1.82 bits per heavy atom. The number of ether oxygens (including phenoxy) is 1. The van der Waals surface area contributed by atoms with Crippen LogP contribution in [-0.4, -0.2) is 23.6 Å². The van der Waals surface area contributed by atoms with E-state index in [1.165, 1.54) is 12.1 Å². The van der Waals surface area contributed by atoms with Crippen LogP contribution in [0.2, 0.25) is 0 Å². The largest absolute Gasteiger partial charge is 0.461 e. The highest BCUT2D eigenvalue weighted by atomic mass is 32.1. The zero-order valence-corrected chi connectivity index (χ0v) is 15.7. The first kappa shape index (κ1) is 21.4. The molecule has 1 amide bonds. The van der Waals surface area contributed by atoms with E-state index in [0.29, 0.717) is 0 Å². The third-order valence-corrected chi connectivity index (χ3v) is 3.73. The lowest BCUT2D eigenvalue weighted by atomic mass is 10.1. The second-order valence-electron chi connectivity index (χ2n) is 5.84. The van der Waals surface area contributed by atoms with Gasteiger partial charge in [0.05, 0.1) is 0 Å². The van der Waals surface area contributed by atoms with Crippen molar-refractivity contribution in [2.75, 3.05) is 5.32 Å². The molecule has 0 aliphatic heterocycles. The Hall–Kier alpha value is -2.88. The monoisotopic (exact) mass is 415 g/mol. The smallest absolute Gasteiger partial charge is 0.428 e. The first-order chi connectivity index (χ1) is 13.1. The number of nitrogens with one attached hydrogen (secondary N) is 3. The predicted octanol–water partition coefficient (Wildman–Crippen LogP) is 4.17. The van der Waals surface area contributed by atoms with Crippen LogP contribution in [-0.2, 0) is 0 Å². The highest BCUT2D eigenvalue weighted by Gasteiger charge is 2.44. The number of hydrogen-bond donors (Lipinski definition) is 3. The van der Waals surface area contributed by atoms with Crippen LogP contribution in [0.4, 0.5) is 23.2 Å². The maximum Gasteiger partial charge on any atom is 0.461 e. The molecule has 2 aromatic carbocycles. The average Bonchev–Trinajstić information content (AvgIpc) is 2.62. The zero-order chi connectivity index (χ0) is 20.9. The molecule has 5 nitrogen and oxygen atoms in total. The maximum atomic E-state index is 13.0. The minimum Gasteiger partial charge on any atom is -0.428 e. The molecule has 0 radical (unpaired) electrons. The van der Waals surface area contributed by atoms with E-state index >= 15 is 0 Å². The molecule has 0 atom stereocenters. The normalized spacial score (nSPS) is 11.1. The summed E-state index contributed by atoms with van der Waals surface area (Å²) in [6.07, 6.45) is -8.66. The van der Waals surface area contributed by atoms with Gasteiger partial charge in [-0.2, -0.15) is 17.6 Å². The van der Waals surface area contributed by atoms with Crippen LogP contribution in [0, 0.1) is 13.8 Å². The molecule has 0 bridgehead atoms. The minimum absolute atomic E-state index is 0.0932. The fraction of sp³-hybridized carbons (Fsp3) is 0.222. The molecule has 0 aliphatic carbocycles. The quantitative estimate of drug-likeness (QED) is 0.389. The SMILES string of the molecule is Cc1ccc(NC(=S)NNC(=O)c2cccc(OC(F)(F)C(F)F)c2)c(C)c1.